The third-order valence-corrected chi connectivity index (χ3v) is 7.03. The van der Waals surface area contributed by atoms with Crippen molar-refractivity contribution in [3.05, 3.63) is 50.8 Å². The van der Waals surface area contributed by atoms with Crippen LogP contribution in [0.1, 0.15) is 12.0 Å². The van der Waals surface area contributed by atoms with Gasteiger partial charge in [-0.2, -0.15) is 0 Å². The number of carbonyl (C=O) groups is 1. The monoisotopic (exact) mass is 421 g/mol. The summed E-state index contributed by atoms with van der Waals surface area (Å²) in [4.78, 5) is 11.8. The number of amides is 1. The molecule has 2 rings (SSSR count). The second kappa shape index (κ2) is 7.59. The number of hydrogen-bond donors (Lipinski definition) is 1. The molecule has 2 aromatic rings. The maximum atomic E-state index is 12.1. The van der Waals surface area contributed by atoms with Crippen molar-refractivity contribution in [3.63, 3.8) is 0 Å². The van der Waals surface area contributed by atoms with Crippen LogP contribution in [0.3, 0.4) is 0 Å². The third-order valence-electron chi connectivity index (χ3n) is 2.86. The first-order chi connectivity index (χ1) is 10.4. The normalized spacial score (nSPS) is 11.4. The minimum atomic E-state index is -3.41. The summed E-state index contributed by atoms with van der Waals surface area (Å²) in [5.41, 5.74) is 0.905. The number of hydrogen-bond acceptors (Lipinski definition) is 4. The number of nitrogens with one attached hydrogen (secondary N) is 1. The molecule has 1 aromatic heterocycles. The predicted octanol–water partition coefficient (Wildman–Crippen LogP) is 3.64. The summed E-state index contributed by atoms with van der Waals surface area (Å²) >= 11 is 10.1. The smallest absolute Gasteiger partial charge is 0.221 e. The summed E-state index contributed by atoms with van der Waals surface area (Å²) in [5.74, 6) is -0.499. The third kappa shape index (κ3) is 5.08. The Morgan fingerprint density at radius 3 is 2.45 bits per heavy atom. The van der Waals surface area contributed by atoms with E-state index < -0.39 is 9.84 Å². The van der Waals surface area contributed by atoms with Crippen LogP contribution >= 0.6 is 38.9 Å². The van der Waals surface area contributed by atoms with Crippen LogP contribution in [-0.2, 0) is 21.2 Å². The molecule has 0 radical (unpaired) electrons. The van der Waals surface area contributed by atoms with Gasteiger partial charge in [-0.05, 0) is 45.8 Å². The van der Waals surface area contributed by atoms with Crippen LogP contribution in [0.25, 0.3) is 0 Å². The zero-order valence-corrected chi connectivity index (χ0v) is 15.4. The SMILES string of the molecule is O=C(CCS(=O)(=O)c1ccc(Br)s1)NCc1ccc(Cl)cc1. The highest BCUT2D eigenvalue weighted by Crippen LogP contribution is 2.27. The molecule has 1 aromatic carbocycles. The Balaban J connectivity index is 1.83. The first-order valence-electron chi connectivity index (χ1n) is 6.36. The molecule has 4 nitrogen and oxygen atoms in total. The summed E-state index contributed by atoms with van der Waals surface area (Å²) in [6.45, 7) is 0.348. The fraction of sp³-hybridized carbons (Fsp3) is 0.214. The second-order valence-corrected chi connectivity index (χ2v) is 9.77. The van der Waals surface area contributed by atoms with E-state index in [1.54, 1.807) is 18.2 Å². The highest BCUT2D eigenvalue weighted by Gasteiger charge is 2.18. The van der Waals surface area contributed by atoms with Crippen LogP contribution in [0.4, 0.5) is 0 Å². The second-order valence-electron chi connectivity index (χ2n) is 4.53. The van der Waals surface area contributed by atoms with E-state index in [0.717, 1.165) is 20.7 Å². The maximum Gasteiger partial charge on any atom is 0.221 e. The summed E-state index contributed by atoms with van der Waals surface area (Å²) in [7, 11) is -3.41. The zero-order chi connectivity index (χ0) is 16.2. The average Bonchev–Trinajstić information content (AvgIpc) is 2.92. The van der Waals surface area contributed by atoms with Crippen LogP contribution < -0.4 is 5.32 Å². The Morgan fingerprint density at radius 2 is 1.86 bits per heavy atom. The van der Waals surface area contributed by atoms with Gasteiger partial charge in [0, 0.05) is 18.0 Å². The molecule has 0 bridgehead atoms. The number of sulfone groups is 1. The van der Waals surface area contributed by atoms with E-state index in [2.05, 4.69) is 21.2 Å². The van der Waals surface area contributed by atoms with Gasteiger partial charge in [0.15, 0.2) is 9.84 Å². The molecular weight excluding hydrogens is 410 g/mol. The standard InChI is InChI=1S/C14H13BrClNO3S2/c15-12-5-6-14(21-12)22(19,20)8-7-13(18)17-9-10-1-3-11(16)4-2-10/h1-6H,7-9H2,(H,17,18). The number of halogens is 2. The van der Waals surface area contributed by atoms with E-state index >= 15 is 0 Å². The van der Waals surface area contributed by atoms with Crippen LogP contribution in [0, 0.1) is 0 Å². The number of benzene rings is 1. The van der Waals surface area contributed by atoms with Crippen LogP contribution in [0.5, 0.6) is 0 Å². The minimum absolute atomic E-state index is 0.0640. The molecule has 0 spiro atoms. The van der Waals surface area contributed by atoms with Gasteiger partial charge in [0.1, 0.15) is 4.21 Å². The molecule has 0 aliphatic rings. The molecule has 1 N–H and O–H groups in total. The average molecular weight is 423 g/mol. The summed E-state index contributed by atoms with van der Waals surface area (Å²) in [6.07, 6.45) is -0.0640. The summed E-state index contributed by atoms with van der Waals surface area (Å²) in [6, 6.07) is 10.3. The quantitative estimate of drug-likeness (QED) is 0.773. The van der Waals surface area contributed by atoms with Crippen molar-refractivity contribution >= 4 is 54.6 Å². The molecular formula is C14H13BrClNO3S2. The Hall–Kier alpha value is -0.890. The number of carbonyl (C=O) groups excluding carboxylic acids is 1. The molecule has 0 atom stereocenters. The summed E-state index contributed by atoms with van der Waals surface area (Å²) < 4.78 is 25.1. The lowest BCUT2D eigenvalue weighted by Crippen LogP contribution is -2.25. The highest BCUT2D eigenvalue weighted by atomic mass is 79.9. The number of thiophene rings is 1. The first-order valence-corrected chi connectivity index (χ1v) is 10.00. The predicted molar refractivity (Wildman–Crippen MR) is 92.0 cm³/mol. The van der Waals surface area contributed by atoms with E-state index in [9.17, 15) is 13.2 Å². The van der Waals surface area contributed by atoms with E-state index in [1.807, 2.05) is 12.1 Å². The van der Waals surface area contributed by atoms with Crippen molar-refractivity contribution < 1.29 is 13.2 Å². The van der Waals surface area contributed by atoms with E-state index in [-0.39, 0.29) is 22.3 Å². The Kier molecular flexibility index (Phi) is 6.02. The maximum absolute atomic E-state index is 12.1. The molecule has 0 fully saturated rings. The lowest BCUT2D eigenvalue weighted by molar-refractivity contribution is -0.120. The Labute approximate surface area is 146 Å². The fourth-order valence-electron chi connectivity index (χ4n) is 1.68. The molecule has 8 heteroatoms. The fourth-order valence-corrected chi connectivity index (χ4v) is 5.21. The van der Waals surface area contributed by atoms with E-state index in [4.69, 9.17) is 11.6 Å². The summed E-state index contributed by atoms with van der Waals surface area (Å²) in [5, 5.41) is 3.32. The van der Waals surface area contributed by atoms with Gasteiger partial charge in [-0.3, -0.25) is 4.79 Å². The lowest BCUT2D eigenvalue weighted by atomic mass is 10.2. The van der Waals surface area contributed by atoms with Crippen molar-refractivity contribution in [3.8, 4) is 0 Å². The van der Waals surface area contributed by atoms with Crippen LogP contribution in [-0.4, -0.2) is 20.1 Å². The largest absolute Gasteiger partial charge is 0.352 e. The van der Waals surface area contributed by atoms with Gasteiger partial charge >= 0.3 is 0 Å². The molecule has 0 saturated heterocycles. The molecule has 0 saturated carbocycles. The van der Waals surface area contributed by atoms with Gasteiger partial charge < -0.3 is 5.32 Å². The molecule has 1 amide bonds. The van der Waals surface area contributed by atoms with Gasteiger partial charge in [-0.1, -0.05) is 23.7 Å². The van der Waals surface area contributed by atoms with E-state index in [0.29, 0.717) is 11.6 Å². The Bertz CT molecular complexity index is 757. The first kappa shape index (κ1) is 17.5. The van der Waals surface area contributed by atoms with Crippen molar-refractivity contribution in [1.82, 2.24) is 5.32 Å². The van der Waals surface area contributed by atoms with E-state index in [1.165, 1.54) is 6.07 Å². The molecule has 0 unspecified atom stereocenters. The van der Waals surface area contributed by atoms with Gasteiger partial charge in [0.2, 0.25) is 5.91 Å². The zero-order valence-electron chi connectivity index (χ0n) is 11.4. The van der Waals surface area contributed by atoms with Crippen molar-refractivity contribution in [2.75, 3.05) is 5.75 Å². The number of rotatable bonds is 6. The molecule has 118 valence electrons. The molecule has 0 aliphatic carbocycles. The topological polar surface area (TPSA) is 63.2 Å². The van der Waals surface area contributed by atoms with Crippen molar-refractivity contribution in [2.45, 2.75) is 17.2 Å². The lowest BCUT2D eigenvalue weighted by Gasteiger charge is -2.06. The molecule has 22 heavy (non-hydrogen) atoms. The van der Waals surface area contributed by atoms with Crippen molar-refractivity contribution in [1.29, 1.82) is 0 Å². The van der Waals surface area contributed by atoms with Gasteiger partial charge in [-0.25, -0.2) is 8.42 Å². The van der Waals surface area contributed by atoms with Gasteiger partial charge in [0.25, 0.3) is 0 Å². The van der Waals surface area contributed by atoms with Crippen LogP contribution in [0.2, 0.25) is 5.02 Å². The molecule has 1 heterocycles. The van der Waals surface area contributed by atoms with Crippen molar-refractivity contribution in [2.24, 2.45) is 0 Å². The van der Waals surface area contributed by atoms with Gasteiger partial charge in [0.05, 0.1) is 9.54 Å². The highest BCUT2D eigenvalue weighted by molar-refractivity contribution is 9.11. The van der Waals surface area contributed by atoms with Crippen LogP contribution in [0.15, 0.2) is 44.4 Å². The Morgan fingerprint density at radius 1 is 1.18 bits per heavy atom. The molecule has 0 aliphatic heterocycles. The minimum Gasteiger partial charge on any atom is -0.352 e. The van der Waals surface area contributed by atoms with Gasteiger partial charge in [-0.15, -0.1) is 11.3 Å².